The van der Waals surface area contributed by atoms with Crippen LogP contribution in [-0.4, -0.2) is 10.1 Å². The third-order valence-electron chi connectivity index (χ3n) is 1.99. The van der Waals surface area contributed by atoms with Crippen molar-refractivity contribution in [3.05, 3.63) is 11.7 Å². The second-order valence-corrected chi connectivity index (χ2v) is 4.04. The zero-order valence-electron chi connectivity index (χ0n) is 9.16. The van der Waals surface area contributed by atoms with Gasteiger partial charge in [0.2, 0.25) is 5.89 Å². The third kappa shape index (κ3) is 3.10. The van der Waals surface area contributed by atoms with Crippen molar-refractivity contribution in [2.75, 3.05) is 0 Å². The summed E-state index contributed by atoms with van der Waals surface area (Å²) >= 11 is 0. The molecule has 0 spiro atoms. The fourth-order valence-electron chi connectivity index (χ4n) is 1.30. The van der Waals surface area contributed by atoms with E-state index in [0.29, 0.717) is 11.8 Å². The SMILES string of the molecule is CCCC(N)c1nc(CC(C)C)no1. The maximum Gasteiger partial charge on any atom is 0.243 e. The molecule has 0 amide bonds. The molecule has 2 N–H and O–H groups in total. The molecule has 1 aromatic heterocycles. The molecule has 0 saturated heterocycles. The molecule has 1 rings (SSSR count). The highest BCUT2D eigenvalue weighted by Crippen LogP contribution is 2.14. The van der Waals surface area contributed by atoms with E-state index < -0.39 is 0 Å². The van der Waals surface area contributed by atoms with Crippen molar-refractivity contribution in [1.82, 2.24) is 10.1 Å². The van der Waals surface area contributed by atoms with Crippen molar-refractivity contribution in [1.29, 1.82) is 0 Å². The van der Waals surface area contributed by atoms with Crippen molar-refractivity contribution in [2.24, 2.45) is 11.7 Å². The lowest BCUT2D eigenvalue weighted by molar-refractivity contribution is 0.343. The Labute approximate surface area is 84.9 Å². The molecule has 1 unspecified atom stereocenters. The Hall–Kier alpha value is -0.900. The van der Waals surface area contributed by atoms with Gasteiger partial charge in [-0.1, -0.05) is 32.3 Å². The number of rotatable bonds is 5. The van der Waals surface area contributed by atoms with Crippen LogP contribution in [0.3, 0.4) is 0 Å². The van der Waals surface area contributed by atoms with E-state index in [0.717, 1.165) is 25.1 Å². The molecule has 0 saturated carbocycles. The Morgan fingerprint density at radius 1 is 1.43 bits per heavy atom. The first-order valence-corrected chi connectivity index (χ1v) is 5.21. The molecule has 0 aliphatic carbocycles. The average molecular weight is 197 g/mol. The summed E-state index contributed by atoms with van der Waals surface area (Å²) in [6.07, 6.45) is 2.77. The molecule has 0 aliphatic heterocycles. The minimum atomic E-state index is -0.103. The van der Waals surface area contributed by atoms with E-state index in [2.05, 4.69) is 30.9 Å². The maximum atomic E-state index is 5.85. The van der Waals surface area contributed by atoms with Crippen molar-refractivity contribution in [3.63, 3.8) is 0 Å². The topological polar surface area (TPSA) is 64.9 Å². The van der Waals surface area contributed by atoms with Crippen LogP contribution in [0.4, 0.5) is 0 Å². The largest absolute Gasteiger partial charge is 0.338 e. The molecule has 0 radical (unpaired) electrons. The van der Waals surface area contributed by atoms with Gasteiger partial charge in [-0.15, -0.1) is 0 Å². The highest BCUT2D eigenvalue weighted by atomic mass is 16.5. The van der Waals surface area contributed by atoms with Crippen LogP contribution >= 0.6 is 0 Å². The average Bonchev–Trinajstić information content (AvgIpc) is 2.52. The first kappa shape index (κ1) is 11.2. The Morgan fingerprint density at radius 3 is 2.71 bits per heavy atom. The zero-order valence-corrected chi connectivity index (χ0v) is 9.16. The first-order valence-electron chi connectivity index (χ1n) is 5.21. The molecule has 1 aromatic rings. The molecule has 1 atom stereocenters. The van der Waals surface area contributed by atoms with Gasteiger partial charge in [-0.25, -0.2) is 0 Å². The molecule has 1 heterocycles. The Bertz CT molecular complexity index is 270. The van der Waals surface area contributed by atoms with Crippen molar-refractivity contribution in [2.45, 2.75) is 46.1 Å². The van der Waals surface area contributed by atoms with Gasteiger partial charge in [0.15, 0.2) is 5.82 Å². The van der Waals surface area contributed by atoms with Crippen molar-refractivity contribution in [3.8, 4) is 0 Å². The number of aromatic nitrogens is 2. The lowest BCUT2D eigenvalue weighted by Gasteiger charge is -2.02. The molecule has 4 nitrogen and oxygen atoms in total. The number of hydrogen-bond donors (Lipinski definition) is 1. The maximum absolute atomic E-state index is 5.85. The third-order valence-corrected chi connectivity index (χ3v) is 1.99. The van der Waals surface area contributed by atoms with Gasteiger partial charge in [-0.2, -0.15) is 4.98 Å². The van der Waals surface area contributed by atoms with E-state index in [9.17, 15) is 0 Å². The van der Waals surface area contributed by atoms with Crippen LogP contribution in [0.1, 0.15) is 51.4 Å². The quantitative estimate of drug-likeness (QED) is 0.784. The molecule has 4 heteroatoms. The van der Waals surface area contributed by atoms with Crippen LogP contribution in [0.25, 0.3) is 0 Å². The summed E-state index contributed by atoms with van der Waals surface area (Å²) in [5.41, 5.74) is 5.85. The zero-order chi connectivity index (χ0) is 10.6. The van der Waals surface area contributed by atoms with Gasteiger partial charge in [0, 0.05) is 6.42 Å². The number of nitrogens with two attached hydrogens (primary N) is 1. The first-order chi connectivity index (χ1) is 6.63. The number of nitrogens with zero attached hydrogens (tertiary/aromatic N) is 2. The van der Waals surface area contributed by atoms with E-state index in [1.165, 1.54) is 0 Å². The van der Waals surface area contributed by atoms with E-state index >= 15 is 0 Å². The second-order valence-electron chi connectivity index (χ2n) is 4.04. The summed E-state index contributed by atoms with van der Waals surface area (Å²) in [4.78, 5) is 4.27. The fourth-order valence-corrected chi connectivity index (χ4v) is 1.30. The van der Waals surface area contributed by atoms with Crippen LogP contribution in [0, 0.1) is 5.92 Å². The standard InChI is InChI=1S/C10H19N3O/c1-4-5-8(11)10-12-9(13-14-10)6-7(2)3/h7-8H,4-6,11H2,1-3H3. The molecule has 0 aromatic carbocycles. The summed E-state index contributed by atoms with van der Waals surface area (Å²) in [7, 11) is 0. The van der Waals surface area contributed by atoms with Crippen molar-refractivity contribution >= 4 is 0 Å². The van der Waals surface area contributed by atoms with Gasteiger partial charge >= 0.3 is 0 Å². The monoisotopic (exact) mass is 197 g/mol. The number of hydrogen-bond acceptors (Lipinski definition) is 4. The van der Waals surface area contributed by atoms with Gasteiger partial charge in [0.1, 0.15) is 0 Å². The molecular formula is C10H19N3O. The van der Waals surface area contributed by atoms with Gasteiger partial charge in [0.05, 0.1) is 6.04 Å². The fraction of sp³-hybridized carbons (Fsp3) is 0.800. The van der Waals surface area contributed by atoms with E-state index in [4.69, 9.17) is 10.3 Å². The Morgan fingerprint density at radius 2 is 2.14 bits per heavy atom. The smallest absolute Gasteiger partial charge is 0.243 e. The molecule has 0 aliphatic rings. The lowest BCUT2D eigenvalue weighted by Crippen LogP contribution is -2.10. The summed E-state index contributed by atoms with van der Waals surface area (Å²) in [6, 6.07) is -0.103. The Kier molecular flexibility index (Phi) is 4.07. The van der Waals surface area contributed by atoms with Crippen LogP contribution in [0.5, 0.6) is 0 Å². The van der Waals surface area contributed by atoms with Gasteiger partial charge in [0.25, 0.3) is 0 Å². The van der Waals surface area contributed by atoms with Gasteiger partial charge < -0.3 is 10.3 Å². The highest BCUT2D eigenvalue weighted by Gasteiger charge is 2.14. The van der Waals surface area contributed by atoms with Crippen molar-refractivity contribution < 1.29 is 4.52 Å². The molecule has 80 valence electrons. The minimum Gasteiger partial charge on any atom is -0.338 e. The summed E-state index contributed by atoms with van der Waals surface area (Å²) in [5.74, 6) is 1.88. The molecule has 0 bridgehead atoms. The highest BCUT2D eigenvalue weighted by molar-refractivity contribution is 4.92. The van der Waals surface area contributed by atoms with Crippen LogP contribution in [0.2, 0.25) is 0 Å². The summed E-state index contributed by atoms with van der Waals surface area (Å²) in [5, 5.41) is 3.89. The predicted octanol–water partition coefficient (Wildman–Crippen LogP) is 2.07. The molecule has 0 fully saturated rings. The predicted molar refractivity (Wildman–Crippen MR) is 54.7 cm³/mol. The van der Waals surface area contributed by atoms with E-state index in [1.54, 1.807) is 0 Å². The van der Waals surface area contributed by atoms with E-state index in [1.807, 2.05) is 0 Å². The van der Waals surface area contributed by atoms with Gasteiger partial charge in [-0.05, 0) is 12.3 Å². The van der Waals surface area contributed by atoms with Gasteiger partial charge in [-0.3, -0.25) is 0 Å². The Balaban J connectivity index is 2.58. The summed E-state index contributed by atoms with van der Waals surface area (Å²) in [6.45, 7) is 6.34. The van der Waals surface area contributed by atoms with Crippen LogP contribution < -0.4 is 5.73 Å². The van der Waals surface area contributed by atoms with Crippen LogP contribution in [-0.2, 0) is 6.42 Å². The molecule has 14 heavy (non-hydrogen) atoms. The lowest BCUT2D eigenvalue weighted by atomic mass is 10.1. The van der Waals surface area contributed by atoms with Crippen LogP contribution in [0.15, 0.2) is 4.52 Å². The summed E-state index contributed by atoms with van der Waals surface area (Å²) < 4.78 is 5.09. The van der Waals surface area contributed by atoms with E-state index in [-0.39, 0.29) is 6.04 Å². The normalized spacial score (nSPS) is 13.5. The minimum absolute atomic E-state index is 0.103. The molecular weight excluding hydrogens is 178 g/mol. The second kappa shape index (κ2) is 5.10.